The fourth-order valence-electron chi connectivity index (χ4n) is 5.41. The minimum atomic E-state index is -0.647. The molecule has 198 valence electrons. The van der Waals surface area contributed by atoms with E-state index in [2.05, 4.69) is 4.90 Å². The van der Waals surface area contributed by atoms with E-state index >= 15 is 0 Å². The number of furan rings is 1. The Bertz CT molecular complexity index is 2730. The molecule has 0 radical (unpaired) electrons. The normalized spacial score (nSPS) is 15.0. The smallest absolute Gasteiger partial charge is 0.137 e. The Morgan fingerprint density at radius 3 is 1.86 bits per heavy atom. The Labute approximate surface area is 260 Å². The van der Waals surface area contributed by atoms with Crippen LogP contribution in [0.2, 0.25) is 0 Å². The van der Waals surface area contributed by atoms with Gasteiger partial charge in [0.15, 0.2) is 0 Å². The van der Waals surface area contributed by atoms with Crippen molar-refractivity contribution in [2.75, 3.05) is 4.90 Å². The predicted molar refractivity (Wildman–Crippen MR) is 177 cm³/mol. The van der Waals surface area contributed by atoms with Crippen LogP contribution in [0.3, 0.4) is 0 Å². The maximum atomic E-state index is 9.21. The summed E-state index contributed by atoms with van der Waals surface area (Å²) in [5.74, 6) is 0. The summed E-state index contributed by atoms with van der Waals surface area (Å²) in [6, 6.07) is 24.3. The average molecular weight is 549 g/mol. The van der Waals surface area contributed by atoms with E-state index in [0.29, 0.717) is 16.7 Å². The van der Waals surface area contributed by atoms with Gasteiger partial charge in [-0.2, -0.15) is 0 Å². The van der Waals surface area contributed by atoms with Crippen molar-refractivity contribution in [1.29, 1.82) is 0 Å². The second-order valence-corrected chi connectivity index (χ2v) is 9.75. The summed E-state index contributed by atoms with van der Waals surface area (Å²) in [6.07, 6.45) is 0. The van der Waals surface area contributed by atoms with E-state index in [1.807, 2.05) is 78.9 Å². The van der Waals surface area contributed by atoms with E-state index < -0.39 is 66.5 Å². The van der Waals surface area contributed by atoms with Crippen LogP contribution in [0, 0.1) is 0 Å². The number of anilines is 3. The van der Waals surface area contributed by atoms with Gasteiger partial charge in [0.25, 0.3) is 0 Å². The van der Waals surface area contributed by atoms with Crippen LogP contribution < -0.4 is 4.90 Å². The lowest BCUT2D eigenvalue weighted by Crippen LogP contribution is -2.09. The van der Waals surface area contributed by atoms with Gasteiger partial charge in [-0.25, -0.2) is 0 Å². The molecule has 1 aromatic heterocycles. The molecule has 0 spiro atoms. The first-order valence-electron chi connectivity index (χ1n) is 18.9. The van der Waals surface area contributed by atoms with Crippen LogP contribution >= 0.6 is 0 Å². The molecule has 0 atom stereocenters. The maximum absolute atomic E-state index is 9.21. The lowest BCUT2D eigenvalue weighted by atomic mass is 9.89. The third-order valence-corrected chi connectivity index (χ3v) is 7.28. The Balaban J connectivity index is 1.41. The lowest BCUT2D eigenvalue weighted by Gasteiger charge is -2.25. The van der Waals surface area contributed by atoms with Crippen LogP contribution in [-0.2, 0) is 0 Å². The molecule has 8 rings (SSSR count). The topological polar surface area (TPSA) is 16.4 Å². The number of benzene rings is 7. The summed E-state index contributed by atoms with van der Waals surface area (Å²) in [6.45, 7) is 0. The maximum Gasteiger partial charge on any atom is 0.137 e. The zero-order chi connectivity index (χ0) is 37.5. The summed E-state index contributed by atoms with van der Waals surface area (Å²) in [5, 5.41) is 1.04. The summed E-state index contributed by atoms with van der Waals surface area (Å²) in [7, 11) is 0. The van der Waals surface area contributed by atoms with Gasteiger partial charge < -0.3 is 9.32 Å². The van der Waals surface area contributed by atoms with Crippen molar-refractivity contribution >= 4 is 49.8 Å². The number of para-hydroxylation sites is 2. The van der Waals surface area contributed by atoms with E-state index in [-0.39, 0.29) is 27.5 Å². The number of hydrogen-bond donors (Lipinski definition) is 0. The van der Waals surface area contributed by atoms with E-state index in [9.17, 15) is 1.37 Å². The van der Waals surface area contributed by atoms with Crippen molar-refractivity contribution in [3.63, 3.8) is 0 Å². The molecule has 2 heteroatoms. The highest BCUT2D eigenvalue weighted by molar-refractivity contribution is 6.09. The molecule has 0 fully saturated rings. The van der Waals surface area contributed by atoms with Crippen molar-refractivity contribution < 1.29 is 19.5 Å². The van der Waals surface area contributed by atoms with Crippen LogP contribution in [0.4, 0.5) is 17.1 Å². The molecule has 0 aliphatic carbocycles. The average Bonchev–Trinajstić information content (AvgIpc) is 3.54. The molecule has 42 heavy (non-hydrogen) atoms. The van der Waals surface area contributed by atoms with Crippen LogP contribution in [-0.4, -0.2) is 0 Å². The molecule has 8 aromatic rings. The van der Waals surface area contributed by atoms with Crippen molar-refractivity contribution in [2.24, 2.45) is 0 Å². The highest BCUT2D eigenvalue weighted by Gasteiger charge is 2.17. The molecule has 2 nitrogen and oxygen atoms in total. The number of rotatable bonds is 5. The molecule has 1 heterocycles. The first-order chi connectivity index (χ1) is 25.4. The van der Waals surface area contributed by atoms with Gasteiger partial charge >= 0.3 is 0 Å². The number of hydrogen-bond acceptors (Lipinski definition) is 2. The molecular weight excluding hydrogens is 510 g/mol. The fourth-order valence-corrected chi connectivity index (χ4v) is 5.41. The van der Waals surface area contributed by atoms with Crippen LogP contribution in [0.1, 0.15) is 15.1 Å². The van der Waals surface area contributed by atoms with Gasteiger partial charge in [-0.3, -0.25) is 0 Å². The number of fused-ring (bicyclic) bond motifs is 4. The largest absolute Gasteiger partial charge is 0.456 e. The highest BCUT2D eigenvalue weighted by atomic mass is 16.3. The van der Waals surface area contributed by atoms with Gasteiger partial charge in [-0.15, -0.1) is 0 Å². The molecule has 0 saturated heterocycles. The van der Waals surface area contributed by atoms with Gasteiger partial charge in [0, 0.05) is 33.9 Å². The fraction of sp³-hybridized carbons (Fsp3) is 0. The summed E-state index contributed by atoms with van der Waals surface area (Å²) >= 11 is 0. The molecule has 0 N–H and O–H groups in total. The molecular formula is C40H27NO. The Morgan fingerprint density at radius 1 is 0.476 bits per heavy atom. The van der Waals surface area contributed by atoms with E-state index in [4.69, 9.17) is 18.1 Å². The zero-order valence-corrected chi connectivity index (χ0v) is 22.1. The van der Waals surface area contributed by atoms with Gasteiger partial charge in [0.05, 0.1) is 15.1 Å². The minimum absolute atomic E-state index is 0.0339. The molecule has 0 aliphatic heterocycles. The van der Waals surface area contributed by atoms with Gasteiger partial charge in [-0.05, 0) is 81.6 Å². The third kappa shape index (κ3) is 4.13. The zero-order valence-electron chi connectivity index (χ0n) is 33.1. The first kappa shape index (κ1) is 15.4. The third-order valence-electron chi connectivity index (χ3n) is 7.28. The minimum Gasteiger partial charge on any atom is -0.456 e. The van der Waals surface area contributed by atoms with E-state index in [1.165, 1.54) is 0 Å². The molecule has 0 unspecified atom stereocenters. The van der Waals surface area contributed by atoms with Crippen molar-refractivity contribution in [3.05, 3.63) is 164 Å². The Hall–Kier alpha value is -5.60. The molecule has 0 aliphatic rings. The van der Waals surface area contributed by atoms with Crippen molar-refractivity contribution in [2.45, 2.75) is 0 Å². The van der Waals surface area contributed by atoms with Crippen LogP contribution in [0.5, 0.6) is 0 Å². The van der Waals surface area contributed by atoms with E-state index in [1.54, 1.807) is 18.2 Å². The molecule has 0 saturated carbocycles. The van der Waals surface area contributed by atoms with Gasteiger partial charge in [0.2, 0.25) is 0 Å². The van der Waals surface area contributed by atoms with Crippen LogP contribution in [0.25, 0.3) is 55.0 Å². The monoisotopic (exact) mass is 548 g/mol. The van der Waals surface area contributed by atoms with Crippen molar-refractivity contribution in [1.82, 2.24) is 0 Å². The highest BCUT2D eigenvalue weighted by Crippen LogP contribution is 2.42. The lowest BCUT2D eigenvalue weighted by molar-refractivity contribution is 0.669. The molecule has 0 bridgehead atoms. The Morgan fingerprint density at radius 2 is 1.12 bits per heavy atom. The Kier molecular flexibility index (Phi) is 3.71. The summed E-state index contributed by atoms with van der Waals surface area (Å²) < 4.78 is 102. The second-order valence-electron chi connectivity index (χ2n) is 9.75. The van der Waals surface area contributed by atoms with Gasteiger partial charge in [-0.1, -0.05) is 109 Å². The second kappa shape index (κ2) is 10.1. The summed E-state index contributed by atoms with van der Waals surface area (Å²) in [4.78, 5) is 2.10. The standard InChI is InChI=1S/C40H27NO/c1-4-13-29(14-5-1)40-34-19-11-10-12-28(34)20-23-35(40)30-21-24-36-37-25-22-33(27-39(37)42-38(36)26-30)41(31-15-6-2-7-16-31)32-17-8-3-9-18-32/h1-27H/i1D,4D,5D,10D,11D,12D,13D,14D,19D,20D,23D. The van der Waals surface area contributed by atoms with Crippen LogP contribution in [0.15, 0.2) is 168 Å². The first-order valence-corrected chi connectivity index (χ1v) is 13.4. The quantitative estimate of drug-likeness (QED) is 0.213. The van der Waals surface area contributed by atoms with E-state index in [0.717, 1.165) is 27.8 Å². The number of nitrogens with zero attached hydrogens (tertiary/aromatic N) is 1. The SMILES string of the molecule is [2H]c1c([2H])c([2H])c(-c2c(-c3ccc4c(c3)oc3cc(N(c5ccccc5)c5ccccc5)ccc34)c([2H])c([2H])c3c([2H])c([2H])c([2H])c([2H])c23)c([2H])c1[2H]. The molecule has 7 aromatic carbocycles. The van der Waals surface area contributed by atoms with Gasteiger partial charge in [0.1, 0.15) is 11.2 Å². The predicted octanol–water partition coefficient (Wildman–Crippen LogP) is 11.5. The van der Waals surface area contributed by atoms with Crippen molar-refractivity contribution in [3.8, 4) is 22.3 Å². The summed E-state index contributed by atoms with van der Waals surface area (Å²) in [5.41, 5.74) is 3.46. The molecule has 0 amide bonds.